The maximum absolute atomic E-state index is 12.7. The quantitative estimate of drug-likeness (QED) is 0.0802. The van der Waals surface area contributed by atoms with Crippen LogP contribution in [0, 0.1) is 0 Å². The average molecular weight is 641 g/mol. The fourth-order valence-electron chi connectivity index (χ4n) is 4.68. The molecule has 11 atom stereocenters. The van der Waals surface area contributed by atoms with Crippen LogP contribution in [0.5, 0.6) is 23.0 Å². The van der Waals surface area contributed by atoms with Gasteiger partial charge in [0.25, 0.3) is 0 Å². The lowest BCUT2D eigenvalue weighted by Crippen LogP contribution is -2.62. The molecule has 16 nitrogen and oxygen atoms in total. The zero-order chi connectivity index (χ0) is 33.0. The Labute approximate surface area is 256 Å². The average Bonchev–Trinajstić information content (AvgIpc) is 3.01. The zero-order valence-electron chi connectivity index (χ0n) is 23.8. The van der Waals surface area contributed by atoms with Gasteiger partial charge in [-0.05, 0) is 48.4 Å². The molecule has 2 aromatic carbocycles. The number of esters is 1. The number of carbonyl (C=O) groups excluding carboxylic acids is 1. The molecule has 0 radical (unpaired) electrons. The predicted octanol–water partition coefficient (Wildman–Crippen LogP) is -1.53. The van der Waals surface area contributed by atoms with E-state index in [4.69, 9.17) is 23.7 Å². The Hall–Kier alpha value is -3.55. The van der Waals surface area contributed by atoms with Crippen LogP contribution in [0.4, 0.5) is 0 Å². The van der Waals surface area contributed by atoms with E-state index in [1.165, 1.54) is 37.3 Å². The van der Waals surface area contributed by atoms with E-state index < -0.39 is 104 Å². The lowest BCUT2D eigenvalue weighted by atomic mass is 9.98. The first-order chi connectivity index (χ1) is 21.3. The molecule has 0 bridgehead atoms. The molecule has 0 amide bonds. The van der Waals surface area contributed by atoms with Crippen LogP contribution in [0.1, 0.15) is 24.2 Å². The topological polar surface area (TPSA) is 266 Å². The second-order valence-electron chi connectivity index (χ2n) is 10.6. The Morgan fingerprint density at radius 1 is 0.800 bits per heavy atom. The van der Waals surface area contributed by atoms with Gasteiger partial charge in [0.05, 0.1) is 19.3 Å². The smallest absolute Gasteiger partial charge is 0.331 e. The molecule has 0 aromatic heterocycles. The third-order valence-corrected chi connectivity index (χ3v) is 7.34. The molecule has 16 heteroatoms. The van der Waals surface area contributed by atoms with E-state index in [0.717, 1.165) is 18.2 Å². The summed E-state index contributed by atoms with van der Waals surface area (Å²) in [5, 5.41) is 101. The lowest BCUT2D eigenvalue weighted by molar-refractivity contribution is -0.330. The number of rotatable bonds is 10. The van der Waals surface area contributed by atoms with Gasteiger partial charge in [0, 0.05) is 6.08 Å². The number of aliphatic hydroxyl groups is 6. The van der Waals surface area contributed by atoms with Gasteiger partial charge in [-0.15, -0.1) is 0 Å². The number of phenolic OH excluding ortho intramolecular Hbond substituents is 4. The Morgan fingerprint density at radius 2 is 1.42 bits per heavy atom. The van der Waals surface area contributed by atoms with Crippen LogP contribution in [0.25, 0.3) is 6.08 Å². The van der Waals surface area contributed by atoms with Crippen LogP contribution in [0.3, 0.4) is 0 Å². The first kappa shape index (κ1) is 34.3. The summed E-state index contributed by atoms with van der Waals surface area (Å²) in [4.78, 5) is 12.7. The maximum Gasteiger partial charge on any atom is 0.331 e. The van der Waals surface area contributed by atoms with Crippen molar-refractivity contribution in [1.29, 1.82) is 0 Å². The van der Waals surface area contributed by atoms with Crippen LogP contribution in [0.2, 0.25) is 0 Å². The van der Waals surface area contributed by atoms with Crippen molar-refractivity contribution in [3.8, 4) is 23.0 Å². The van der Waals surface area contributed by atoms with Gasteiger partial charge in [-0.1, -0.05) is 12.1 Å². The Kier molecular flexibility index (Phi) is 11.2. The lowest BCUT2D eigenvalue weighted by Gasteiger charge is -2.43. The van der Waals surface area contributed by atoms with E-state index in [2.05, 4.69) is 0 Å². The van der Waals surface area contributed by atoms with Crippen LogP contribution in [-0.2, 0) is 28.5 Å². The number of aromatic hydroxyl groups is 4. The fraction of sp³-hybridized carbons (Fsp3) is 0.483. The van der Waals surface area contributed by atoms with Gasteiger partial charge >= 0.3 is 5.97 Å². The Morgan fingerprint density at radius 3 is 2.09 bits per heavy atom. The highest BCUT2D eigenvalue weighted by Crippen LogP contribution is 2.31. The zero-order valence-corrected chi connectivity index (χ0v) is 23.8. The Balaban J connectivity index is 1.48. The third-order valence-electron chi connectivity index (χ3n) is 7.34. The van der Waals surface area contributed by atoms with E-state index in [-0.39, 0.29) is 11.3 Å². The van der Waals surface area contributed by atoms with Crippen LogP contribution in [0.15, 0.2) is 42.5 Å². The molecule has 10 N–H and O–H groups in total. The molecule has 0 spiro atoms. The van der Waals surface area contributed by atoms with E-state index in [1.54, 1.807) is 0 Å². The standard InChI is InChI=1S/C29H36O16/c1-12-22(36)23(37)25(39)28(43-12)42-11-20-27(45-21(35)7-3-13-2-5-15(30)17(32)8-13)24(38)26(40)29(44-20)41-10-19(34)14-4-6-16(31)18(33)9-14/h2-9,12,19-20,22-34,36-40H,10-11H2,1H3/b7-3+/t12-,19-,20+,22+,23-,24-,25+,26-,27-,28+,29-/m1/s1. The number of hydrogen-bond donors (Lipinski definition) is 10. The monoisotopic (exact) mass is 640 g/mol. The van der Waals surface area contributed by atoms with Gasteiger partial charge in [0.1, 0.15) is 42.7 Å². The van der Waals surface area contributed by atoms with E-state index in [9.17, 15) is 55.9 Å². The minimum Gasteiger partial charge on any atom is -0.504 e. The summed E-state index contributed by atoms with van der Waals surface area (Å²) in [5.41, 5.74) is 0.463. The maximum atomic E-state index is 12.7. The second kappa shape index (κ2) is 14.7. The van der Waals surface area contributed by atoms with Crippen LogP contribution in [-0.4, -0.2) is 132 Å². The summed E-state index contributed by atoms with van der Waals surface area (Å²) in [6.07, 6.45) is -14.6. The van der Waals surface area contributed by atoms with Gasteiger partial charge in [0.15, 0.2) is 41.7 Å². The normalized spacial score (nSPS) is 32.8. The molecule has 2 aliphatic heterocycles. The van der Waals surface area contributed by atoms with Crippen molar-refractivity contribution in [3.05, 3.63) is 53.6 Å². The highest BCUT2D eigenvalue weighted by molar-refractivity contribution is 5.87. The first-order valence-corrected chi connectivity index (χ1v) is 13.8. The largest absolute Gasteiger partial charge is 0.504 e. The van der Waals surface area contributed by atoms with E-state index in [1.807, 2.05) is 0 Å². The summed E-state index contributed by atoms with van der Waals surface area (Å²) >= 11 is 0. The molecule has 2 aliphatic rings. The number of hydrogen-bond acceptors (Lipinski definition) is 16. The number of phenols is 4. The number of carbonyl (C=O) groups is 1. The van der Waals surface area contributed by atoms with Crippen molar-refractivity contribution in [2.45, 2.75) is 74.4 Å². The molecular weight excluding hydrogens is 604 g/mol. The predicted molar refractivity (Wildman–Crippen MR) is 148 cm³/mol. The summed E-state index contributed by atoms with van der Waals surface area (Å²) < 4.78 is 27.5. The first-order valence-electron chi connectivity index (χ1n) is 13.8. The van der Waals surface area contributed by atoms with Crippen molar-refractivity contribution in [2.24, 2.45) is 0 Å². The third kappa shape index (κ3) is 8.19. The molecule has 2 fully saturated rings. The minimum atomic E-state index is -1.84. The Bertz CT molecular complexity index is 1340. The van der Waals surface area contributed by atoms with Gasteiger partial charge in [0.2, 0.25) is 0 Å². The van der Waals surface area contributed by atoms with E-state index >= 15 is 0 Å². The van der Waals surface area contributed by atoms with Crippen molar-refractivity contribution in [2.75, 3.05) is 13.2 Å². The minimum absolute atomic E-state index is 0.148. The summed E-state index contributed by atoms with van der Waals surface area (Å²) in [6.45, 7) is 0.342. The van der Waals surface area contributed by atoms with Gasteiger partial charge in [-0.25, -0.2) is 4.79 Å². The van der Waals surface area contributed by atoms with E-state index in [0.29, 0.717) is 5.56 Å². The molecule has 2 saturated heterocycles. The highest BCUT2D eigenvalue weighted by atomic mass is 16.7. The molecule has 0 unspecified atom stereocenters. The highest BCUT2D eigenvalue weighted by Gasteiger charge is 2.49. The van der Waals surface area contributed by atoms with Crippen molar-refractivity contribution < 1.29 is 79.5 Å². The van der Waals surface area contributed by atoms with Crippen molar-refractivity contribution >= 4 is 12.0 Å². The molecule has 2 heterocycles. The summed E-state index contributed by atoms with van der Waals surface area (Å²) in [7, 11) is 0. The molecule has 4 rings (SSSR count). The van der Waals surface area contributed by atoms with Gasteiger partial charge < -0.3 is 74.7 Å². The number of aliphatic hydroxyl groups excluding tert-OH is 6. The molecular formula is C29H36O16. The SMILES string of the molecule is C[C@H]1O[C@H](OC[C@@H]2O[C@@H](OC[C@@H](O)c3ccc(O)c(O)c3)[C@H](O)[C@@H](O)[C@@H]2OC(=O)/C=C/c2ccc(O)c(O)c2)[C@@H](O)[C@H](O)[C@H]1O. The summed E-state index contributed by atoms with van der Waals surface area (Å²) in [6, 6.07) is 7.33. The van der Waals surface area contributed by atoms with Crippen LogP contribution < -0.4 is 0 Å². The molecule has 45 heavy (non-hydrogen) atoms. The molecule has 0 aliphatic carbocycles. The summed E-state index contributed by atoms with van der Waals surface area (Å²) in [5.74, 6) is -2.73. The van der Waals surface area contributed by atoms with Gasteiger partial charge in [-0.3, -0.25) is 0 Å². The number of ether oxygens (including phenoxy) is 5. The van der Waals surface area contributed by atoms with Crippen LogP contribution >= 0.6 is 0 Å². The van der Waals surface area contributed by atoms with Crippen molar-refractivity contribution in [3.63, 3.8) is 0 Å². The molecule has 0 saturated carbocycles. The molecule has 248 valence electrons. The second-order valence-corrected chi connectivity index (χ2v) is 10.6. The fourth-order valence-corrected chi connectivity index (χ4v) is 4.68. The van der Waals surface area contributed by atoms with Crippen molar-refractivity contribution in [1.82, 2.24) is 0 Å². The number of benzene rings is 2. The van der Waals surface area contributed by atoms with Gasteiger partial charge in [-0.2, -0.15) is 0 Å². The molecule has 2 aromatic rings.